The molecule has 0 saturated heterocycles. The van der Waals surface area contributed by atoms with Crippen LogP contribution in [0.4, 0.5) is 0 Å². The molecular formula is C21H20N4S. The molecule has 4 nitrogen and oxygen atoms in total. The standard InChI is InChI=1S/C21H20N4S/c1-15(16-7-8-21-20(11-16)22-14-26-21)24-10-9-19-17(12-24)13-25(23-19)18-5-3-2-4-6-18/h2-8,11,13-15H,9-10,12H2,1H3. The van der Waals surface area contributed by atoms with Crippen LogP contribution < -0.4 is 0 Å². The van der Waals surface area contributed by atoms with Gasteiger partial charge in [0.2, 0.25) is 0 Å². The lowest BCUT2D eigenvalue weighted by molar-refractivity contribution is 0.191. The molecular weight excluding hydrogens is 340 g/mol. The van der Waals surface area contributed by atoms with Crippen LogP contribution >= 0.6 is 11.3 Å². The molecule has 0 spiro atoms. The molecule has 2 aromatic carbocycles. The summed E-state index contributed by atoms with van der Waals surface area (Å²) >= 11 is 1.70. The van der Waals surface area contributed by atoms with Gasteiger partial charge in [-0.05, 0) is 36.8 Å². The Labute approximate surface area is 156 Å². The van der Waals surface area contributed by atoms with Gasteiger partial charge in [0.05, 0.1) is 27.1 Å². The highest BCUT2D eigenvalue weighted by molar-refractivity contribution is 7.16. The van der Waals surface area contributed by atoms with Gasteiger partial charge in [-0.1, -0.05) is 24.3 Å². The van der Waals surface area contributed by atoms with E-state index in [4.69, 9.17) is 5.10 Å². The van der Waals surface area contributed by atoms with Gasteiger partial charge in [-0.25, -0.2) is 9.67 Å². The van der Waals surface area contributed by atoms with Gasteiger partial charge in [-0.15, -0.1) is 11.3 Å². The van der Waals surface area contributed by atoms with Crippen molar-refractivity contribution in [2.75, 3.05) is 6.54 Å². The maximum atomic E-state index is 4.80. The number of fused-ring (bicyclic) bond motifs is 2. The Hall–Kier alpha value is -2.50. The molecule has 1 unspecified atom stereocenters. The van der Waals surface area contributed by atoms with Gasteiger partial charge in [0.25, 0.3) is 0 Å². The summed E-state index contributed by atoms with van der Waals surface area (Å²) < 4.78 is 3.27. The normalized spacial score (nSPS) is 15.9. The zero-order valence-corrected chi connectivity index (χ0v) is 15.5. The molecule has 1 aliphatic heterocycles. The molecule has 2 aromatic heterocycles. The van der Waals surface area contributed by atoms with Gasteiger partial charge in [0, 0.05) is 37.3 Å². The van der Waals surface area contributed by atoms with Crippen LogP contribution in [-0.2, 0) is 13.0 Å². The fourth-order valence-corrected chi connectivity index (χ4v) is 4.38. The SMILES string of the molecule is CC(c1ccc2scnc2c1)N1CCc2nn(-c3ccccc3)cc2C1. The van der Waals surface area contributed by atoms with Crippen LogP contribution in [0.15, 0.2) is 60.2 Å². The van der Waals surface area contributed by atoms with E-state index in [2.05, 4.69) is 65.5 Å². The lowest BCUT2D eigenvalue weighted by Crippen LogP contribution is -2.32. The highest BCUT2D eigenvalue weighted by Gasteiger charge is 2.24. The van der Waals surface area contributed by atoms with Crippen LogP contribution in [0.2, 0.25) is 0 Å². The monoisotopic (exact) mass is 360 g/mol. The molecule has 0 radical (unpaired) electrons. The van der Waals surface area contributed by atoms with Crippen LogP contribution in [0.3, 0.4) is 0 Å². The predicted octanol–water partition coefficient (Wildman–Crippen LogP) is 4.60. The molecule has 0 N–H and O–H groups in total. The number of aromatic nitrogens is 3. The fourth-order valence-electron chi connectivity index (χ4n) is 3.72. The molecule has 4 aromatic rings. The van der Waals surface area contributed by atoms with Gasteiger partial charge < -0.3 is 0 Å². The first kappa shape index (κ1) is 15.7. The lowest BCUT2D eigenvalue weighted by Gasteiger charge is -2.32. The van der Waals surface area contributed by atoms with Crippen molar-refractivity contribution < 1.29 is 0 Å². The van der Waals surface area contributed by atoms with Crippen molar-refractivity contribution in [1.82, 2.24) is 19.7 Å². The first-order valence-electron chi connectivity index (χ1n) is 8.98. The number of thiazole rings is 1. The zero-order chi connectivity index (χ0) is 17.5. The Morgan fingerprint density at radius 2 is 2.00 bits per heavy atom. The molecule has 0 fully saturated rings. The third kappa shape index (κ3) is 2.73. The maximum Gasteiger partial charge on any atom is 0.0815 e. The third-order valence-corrected chi connectivity index (χ3v) is 6.10. The van der Waals surface area contributed by atoms with E-state index in [1.807, 2.05) is 16.3 Å². The second-order valence-corrected chi connectivity index (χ2v) is 7.74. The Bertz CT molecular complexity index is 1050. The zero-order valence-electron chi connectivity index (χ0n) is 14.7. The molecule has 0 saturated carbocycles. The second-order valence-electron chi connectivity index (χ2n) is 6.86. The summed E-state index contributed by atoms with van der Waals surface area (Å²) in [5.41, 5.74) is 8.05. The molecule has 130 valence electrons. The van der Waals surface area contributed by atoms with Crippen molar-refractivity contribution in [3.05, 3.63) is 77.1 Å². The molecule has 3 heterocycles. The van der Waals surface area contributed by atoms with Crippen LogP contribution in [0.25, 0.3) is 15.9 Å². The van der Waals surface area contributed by atoms with Crippen LogP contribution in [0.5, 0.6) is 0 Å². The average Bonchev–Trinajstić information content (AvgIpc) is 3.33. The number of nitrogens with zero attached hydrogens (tertiary/aromatic N) is 4. The number of rotatable bonds is 3. The van der Waals surface area contributed by atoms with Gasteiger partial charge in [-0.3, -0.25) is 4.90 Å². The summed E-state index contributed by atoms with van der Waals surface area (Å²) in [6, 6.07) is 17.4. The first-order valence-corrected chi connectivity index (χ1v) is 9.86. The van der Waals surface area contributed by atoms with Gasteiger partial charge >= 0.3 is 0 Å². The van der Waals surface area contributed by atoms with E-state index >= 15 is 0 Å². The van der Waals surface area contributed by atoms with Crippen molar-refractivity contribution in [2.24, 2.45) is 0 Å². The van der Waals surface area contributed by atoms with E-state index in [1.54, 1.807) is 11.3 Å². The number of benzene rings is 2. The second kappa shape index (κ2) is 6.34. The largest absolute Gasteiger partial charge is 0.292 e. The maximum absolute atomic E-state index is 4.80. The number of hydrogen-bond acceptors (Lipinski definition) is 4. The van der Waals surface area contributed by atoms with E-state index in [-0.39, 0.29) is 0 Å². The molecule has 0 amide bonds. The Morgan fingerprint density at radius 3 is 2.88 bits per heavy atom. The van der Waals surface area contributed by atoms with Crippen LogP contribution in [-0.4, -0.2) is 26.2 Å². The lowest BCUT2D eigenvalue weighted by atomic mass is 10.0. The van der Waals surface area contributed by atoms with Crippen LogP contribution in [0, 0.1) is 0 Å². The molecule has 1 aliphatic rings. The van der Waals surface area contributed by atoms with E-state index < -0.39 is 0 Å². The summed E-state index contributed by atoms with van der Waals surface area (Å²) in [6.45, 7) is 4.27. The third-order valence-electron chi connectivity index (χ3n) is 5.29. The quantitative estimate of drug-likeness (QED) is 0.535. The van der Waals surface area contributed by atoms with Gasteiger partial charge in [0.1, 0.15) is 0 Å². The van der Waals surface area contributed by atoms with Crippen molar-refractivity contribution in [3.8, 4) is 5.69 Å². The van der Waals surface area contributed by atoms with Crippen molar-refractivity contribution in [2.45, 2.75) is 25.9 Å². The first-order chi connectivity index (χ1) is 12.8. The van der Waals surface area contributed by atoms with Crippen molar-refractivity contribution >= 4 is 21.6 Å². The summed E-state index contributed by atoms with van der Waals surface area (Å²) in [7, 11) is 0. The fraction of sp³-hybridized carbons (Fsp3) is 0.238. The van der Waals surface area contributed by atoms with Crippen LogP contribution in [0.1, 0.15) is 29.8 Å². The summed E-state index contributed by atoms with van der Waals surface area (Å²) in [6.07, 6.45) is 3.19. The van der Waals surface area contributed by atoms with E-state index in [0.29, 0.717) is 6.04 Å². The number of hydrogen-bond donors (Lipinski definition) is 0. The van der Waals surface area contributed by atoms with Crippen molar-refractivity contribution in [1.29, 1.82) is 0 Å². The Morgan fingerprint density at radius 1 is 1.12 bits per heavy atom. The topological polar surface area (TPSA) is 34.0 Å². The minimum atomic E-state index is 0.370. The van der Waals surface area contributed by atoms with Crippen molar-refractivity contribution in [3.63, 3.8) is 0 Å². The van der Waals surface area contributed by atoms with Gasteiger partial charge in [0.15, 0.2) is 0 Å². The average molecular weight is 360 g/mol. The van der Waals surface area contributed by atoms with E-state index in [0.717, 1.165) is 30.7 Å². The molecule has 5 rings (SSSR count). The molecule has 0 aliphatic carbocycles. The summed E-state index contributed by atoms with van der Waals surface area (Å²) in [4.78, 5) is 7.00. The predicted molar refractivity (Wildman–Crippen MR) is 106 cm³/mol. The summed E-state index contributed by atoms with van der Waals surface area (Å²) in [5, 5.41) is 4.80. The molecule has 0 bridgehead atoms. The minimum Gasteiger partial charge on any atom is -0.292 e. The van der Waals surface area contributed by atoms with Gasteiger partial charge in [-0.2, -0.15) is 5.10 Å². The molecule has 5 heteroatoms. The smallest absolute Gasteiger partial charge is 0.0815 e. The Balaban J connectivity index is 1.40. The van der Waals surface area contributed by atoms with E-state index in [9.17, 15) is 0 Å². The molecule has 26 heavy (non-hydrogen) atoms. The minimum absolute atomic E-state index is 0.370. The highest BCUT2D eigenvalue weighted by atomic mass is 32.1. The number of para-hydroxylation sites is 1. The summed E-state index contributed by atoms with van der Waals surface area (Å²) in [5.74, 6) is 0. The molecule has 1 atom stereocenters. The Kier molecular flexibility index (Phi) is 3.84. The highest BCUT2D eigenvalue weighted by Crippen LogP contribution is 2.30. The van der Waals surface area contributed by atoms with E-state index in [1.165, 1.54) is 21.5 Å².